The van der Waals surface area contributed by atoms with Crippen LogP contribution in [-0.4, -0.2) is 76.0 Å². The Bertz CT molecular complexity index is 1350. The molecular weight excluding hydrogens is 438 g/mol. The van der Waals surface area contributed by atoms with Gasteiger partial charge in [0.2, 0.25) is 5.88 Å². The lowest BCUT2D eigenvalue weighted by molar-refractivity contribution is -0.0218. The maximum Gasteiger partial charge on any atom is 0.404 e. The highest BCUT2D eigenvalue weighted by Gasteiger charge is 2.34. The van der Waals surface area contributed by atoms with Crippen LogP contribution in [0.15, 0.2) is 41.1 Å². The Labute approximate surface area is 195 Å². The van der Waals surface area contributed by atoms with Crippen LogP contribution in [0.1, 0.15) is 12.8 Å². The summed E-state index contributed by atoms with van der Waals surface area (Å²) in [5, 5.41) is 5.59. The van der Waals surface area contributed by atoms with Crippen LogP contribution in [0.5, 0.6) is 5.88 Å². The molecule has 0 radical (unpaired) electrons. The standard InChI is InChI=1S/C23H25N7O4/c1-28-6-8-29(9-7-28)22-16-12-19(34-18(16)4-5-25-22)17-13-26-20-2-3-21(27-30(17)20)32-14-10-15(11-14)33-23(24)31/h2-5,12-15H,6-11H2,1H3,(H2,24,31). The molecular formula is C23H25N7O4. The van der Waals surface area contributed by atoms with Gasteiger partial charge in [0.15, 0.2) is 11.4 Å². The number of carbonyl (C=O) groups excluding carboxylic acids is 1. The van der Waals surface area contributed by atoms with E-state index in [0.717, 1.165) is 48.7 Å². The summed E-state index contributed by atoms with van der Waals surface area (Å²) in [5.74, 6) is 2.06. The lowest BCUT2D eigenvalue weighted by Gasteiger charge is -2.33. The molecule has 4 aromatic rings. The van der Waals surface area contributed by atoms with E-state index in [0.29, 0.717) is 30.1 Å². The largest absolute Gasteiger partial charge is 0.473 e. The van der Waals surface area contributed by atoms with Gasteiger partial charge in [0, 0.05) is 51.3 Å². The van der Waals surface area contributed by atoms with Crippen molar-refractivity contribution in [3.63, 3.8) is 0 Å². The zero-order chi connectivity index (χ0) is 23.2. The Kier molecular flexibility index (Phi) is 4.98. The van der Waals surface area contributed by atoms with E-state index in [9.17, 15) is 4.79 Å². The first kappa shape index (κ1) is 20.7. The minimum atomic E-state index is -0.761. The van der Waals surface area contributed by atoms with Gasteiger partial charge in [0.25, 0.3) is 0 Å². The molecule has 2 N–H and O–H groups in total. The Morgan fingerprint density at radius 3 is 2.74 bits per heavy atom. The fourth-order valence-electron chi connectivity index (χ4n) is 4.48. The van der Waals surface area contributed by atoms with Gasteiger partial charge < -0.3 is 29.4 Å². The summed E-state index contributed by atoms with van der Waals surface area (Å²) < 4.78 is 18.8. The number of carbonyl (C=O) groups is 1. The van der Waals surface area contributed by atoms with E-state index in [1.165, 1.54) is 0 Å². The molecule has 176 valence electrons. The Balaban J connectivity index is 1.27. The number of piperazine rings is 1. The molecule has 1 saturated heterocycles. The molecule has 4 aromatic heterocycles. The summed E-state index contributed by atoms with van der Waals surface area (Å²) in [5.41, 5.74) is 7.25. The van der Waals surface area contributed by atoms with Gasteiger partial charge in [-0.05, 0) is 25.2 Å². The number of nitrogens with zero attached hydrogens (tertiary/aromatic N) is 6. The summed E-state index contributed by atoms with van der Waals surface area (Å²) in [6.07, 6.45) is 3.67. The summed E-state index contributed by atoms with van der Waals surface area (Å²) >= 11 is 0. The molecule has 2 aliphatic rings. The topological polar surface area (TPSA) is 124 Å². The average molecular weight is 463 g/mol. The molecule has 11 nitrogen and oxygen atoms in total. The van der Waals surface area contributed by atoms with Gasteiger partial charge in [0.1, 0.15) is 29.3 Å². The molecule has 0 spiro atoms. The van der Waals surface area contributed by atoms with Crippen LogP contribution < -0.4 is 15.4 Å². The van der Waals surface area contributed by atoms with Crippen molar-refractivity contribution in [2.24, 2.45) is 5.73 Å². The monoisotopic (exact) mass is 463 g/mol. The summed E-state index contributed by atoms with van der Waals surface area (Å²) in [6.45, 7) is 3.85. The predicted octanol–water partition coefficient (Wildman–Crippen LogP) is 2.29. The van der Waals surface area contributed by atoms with Gasteiger partial charge in [-0.2, -0.15) is 0 Å². The fourth-order valence-corrected chi connectivity index (χ4v) is 4.48. The van der Waals surface area contributed by atoms with Crippen LogP contribution in [-0.2, 0) is 4.74 Å². The van der Waals surface area contributed by atoms with Gasteiger partial charge in [-0.15, -0.1) is 5.10 Å². The normalized spacial score (nSPS) is 21.0. The van der Waals surface area contributed by atoms with Crippen LogP contribution in [0.25, 0.3) is 28.1 Å². The Morgan fingerprint density at radius 2 is 1.94 bits per heavy atom. The third-order valence-electron chi connectivity index (χ3n) is 6.44. The number of primary amides is 1. The quantitative estimate of drug-likeness (QED) is 0.475. The van der Waals surface area contributed by atoms with E-state index in [2.05, 4.69) is 31.9 Å². The molecule has 1 saturated carbocycles. The first-order valence-electron chi connectivity index (χ1n) is 11.3. The molecule has 11 heteroatoms. The number of anilines is 1. The molecule has 5 heterocycles. The average Bonchev–Trinajstić information content (AvgIpc) is 3.41. The van der Waals surface area contributed by atoms with Crippen molar-refractivity contribution in [2.45, 2.75) is 25.0 Å². The number of furan rings is 1. The number of pyridine rings is 1. The van der Waals surface area contributed by atoms with Gasteiger partial charge in [0.05, 0.1) is 11.6 Å². The van der Waals surface area contributed by atoms with Gasteiger partial charge >= 0.3 is 6.09 Å². The highest BCUT2D eigenvalue weighted by atomic mass is 16.6. The molecule has 2 fully saturated rings. The number of imidazole rings is 1. The number of amides is 1. The minimum absolute atomic E-state index is 0.0790. The van der Waals surface area contributed by atoms with Crippen LogP contribution in [0.2, 0.25) is 0 Å². The number of hydrogen-bond acceptors (Lipinski definition) is 9. The maximum atomic E-state index is 10.9. The first-order valence-corrected chi connectivity index (χ1v) is 11.3. The second-order valence-electron chi connectivity index (χ2n) is 8.80. The van der Waals surface area contributed by atoms with Crippen LogP contribution >= 0.6 is 0 Å². The Hall–Kier alpha value is -3.86. The summed E-state index contributed by atoms with van der Waals surface area (Å²) in [4.78, 5) is 24.6. The van der Waals surface area contributed by atoms with E-state index < -0.39 is 6.09 Å². The van der Waals surface area contributed by atoms with E-state index in [-0.39, 0.29) is 12.2 Å². The lowest BCUT2D eigenvalue weighted by atomic mass is 9.92. The molecule has 0 unspecified atom stereocenters. The number of rotatable bonds is 5. The number of aromatic nitrogens is 4. The zero-order valence-electron chi connectivity index (χ0n) is 18.8. The fraction of sp³-hybridized carbons (Fsp3) is 0.391. The number of fused-ring (bicyclic) bond motifs is 2. The Morgan fingerprint density at radius 1 is 1.12 bits per heavy atom. The van der Waals surface area contributed by atoms with E-state index >= 15 is 0 Å². The molecule has 34 heavy (non-hydrogen) atoms. The lowest BCUT2D eigenvalue weighted by Crippen LogP contribution is -2.44. The molecule has 0 bridgehead atoms. The second kappa shape index (κ2) is 8.17. The van der Waals surface area contributed by atoms with E-state index in [4.69, 9.17) is 19.6 Å². The van der Waals surface area contributed by atoms with Crippen molar-refractivity contribution < 1.29 is 18.7 Å². The van der Waals surface area contributed by atoms with Crippen molar-refractivity contribution in [1.29, 1.82) is 0 Å². The number of likely N-dealkylation sites (N-methyl/N-ethyl adjacent to an activating group) is 1. The molecule has 6 rings (SSSR count). The van der Waals surface area contributed by atoms with Gasteiger partial charge in [-0.3, -0.25) is 0 Å². The molecule has 1 aliphatic heterocycles. The number of hydrogen-bond donors (Lipinski definition) is 1. The van der Waals surface area contributed by atoms with Crippen LogP contribution in [0.3, 0.4) is 0 Å². The SMILES string of the molecule is CN1CCN(c2nccc3oc(-c4cnc5ccc(OC6CC(OC(N)=O)C6)nn45)cc23)CC1. The number of nitrogens with two attached hydrogens (primary N) is 1. The van der Waals surface area contributed by atoms with Crippen molar-refractivity contribution >= 4 is 28.5 Å². The smallest absolute Gasteiger partial charge is 0.404 e. The van der Waals surface area contributed by atoms with Gasteiger partial charge in [-0.1, -0.05) is 0 Å². The first-order chi connectivity index (χ1) is 16.5. The molecule has 1 amide bonds. The zero-order valence-corrected chi connectivity index (χ0v) is 18.8. The summed E-state index contributed by atoms with van der Waals surface area (Å²) in [7, 11) is 2.13. The maximum absolute atomic E-state index is 10.9. The molecule has 1 aliphatic carbocycles. The minimum Gasteiger partial charge on any atom is -0.473 e. The summed E-state index contributed by atoms with van der Waals surface area (Å²) in [6, 6.07) is 7.52. The highest BCUT2D eigenvalue weighted by molar-refractivity contribution is 5.92. The van der Waals surface area contributed by atoms with E-state index in [1.54, 1.807) is 23.0 Å². The van der Waals surface area contributed by atoms with Crippen molar-refractivity contribution in [3.8, 4) is 17.3 Å². The van der Waals surface area contributed by atoms with Crippen molar-refractivity contribution in [3.05, 3.63) is 36.7 Å². The third-order valence-corrected chi connectivity index (χ3v) is 6.44. The molecule has 0 aromatic carbocycles. The van der Waals surface area contributed by atoms with E-state index in [1.807, 2.05) is 18.2 Å². The molecule has 0 atom stereocenters. The van der Waals surface area contributed by atoms with Crippen LogP contribution in [0.4, 0.5) is 10.6 Å². The third kappa shape index (κ3) is 3.77. The van der Waals surface area contributed by atoms with Crippen LogP contribution in [0, 0.1) is 0 Å². The van der Waals surface area contributed by atoms with Crippen molar-refractivity contribution in [1.82, 2.24) is 24.5 Å². The predicted molar refractivity (Wildman–Crippen MR) is 124 cm³/mol. The number of ether oxygens (including phenoxy) is 2. The van der Waals surface area contributed by atoms with Crippen molar-refractivity contribution in [2.75, 3.05) is 38.1 Å². The second-order valence-corrected chi connectivity index (χ2v) is 8.80. The highest BCUT2D eigenvalue weighted by Crippen LogP contribution is 2.34. The van der Waals surface area contributed by atoms with Gasteiger partial charge in [-0.25, -0.2) is 19.3 Å².